The van der Waals surface area contributed by atoms with Crippen molar-refractivity contribution in [3.8, 4) is 23.3 Å². The molecule has 2 aromatic rings. The Morgan fingerprint density at radius 3 is 2.56 bits per heavy atom. The number of carbonyl (C=O) groups is 2. The van der Waals surface area contributed by atoms with Gasteiger partial charge in [-0.1, -0.05) is 12.0 Å². The average Bonchev–Trinajstić information content (AvgIpc) is 3.70. The van der Waals surface area contributed by atoms with E-state index in [0.29, 0.717) is 48.7 Å². The lowest BCUT2D eigenvalue weighted by Gasteiger charge is -2.64. The monoisotopic (exact) mass is 594 g/mol. The van der Waals surface area contributed by atoms with E-state index in [1.54, 1.807) is 13.1 Å². The molecule has 1 saturated heterocycles. The number of aliphatic hydroxyl groups is 1. The van der Waals surface area contributed by atoms with Gasteiger partial charge >= 0.3 is 12.1 Å². The number of likely N-dealkylation sites (N-methyl/N-ethyl adjacent to an activating group) is 1. The minimum absolute atomic E-state index is 0.0904. The second-order valence-electron chi connectivity index (χ2n) is 12.7. The number of halogens is 3. The summed E-state index contributed by atoms with van der Waals surface area (Å²) in [6.07, 6.45) is -0.370. The van der Waals surface area contributed by atoms with Crippen molar-refractivity contribution in [3.63, 3.8) is 0 Å². The summed E-state index contributed by atoms with van der Waals surface area (Å²) < 4.78 is 51.1. The van der Waals surface area contributed by atoms with Gasteiger partial charge in [0.1, 0.15) is 6.10 Å². The summed E-state index contributed by atoms with van der Waals surface area (Å²) in [5.74, 6) is 5.76. The molecular formula is C33H33F3N2O5. The van der Waals surface area contributed by atoms with Crippen LogP contribution >= 0.6 is 0 Å². The van der Waals surface area contributed by atoms with E-state index in [-0.39, 0.29) is 6.04 Å². The largest absolute Gasteiger partial charge is 0.483 e. The van der Waals surface area contributed by atoms with Crippen molar-refractivity contribution in [3.05, 3.63) is 58.7 Å². The maximum Gasteiger partial charge on any atom is 0.416 e. The zero-order valence-corrected chi connectivity index (χ0v) is 24.0. The van der Waals surface area contributed by atoms with Gasteiger partial charge in [0.25, 0.3) is 5.91 Å². The first-order valence-electron chi connectivity index (χ1n) is 14.9. The summed E-state index contributed by atoms with van der Waals surface area (Å²) in [6.45, 7) is 3.08. The van der Waals surface area contributed by atoms with Gasteiger partial charge in [0.05, 0.1) is 22.6 Å². The molecule has 2 aromatic carbocycles. The van der Waals surface area contributed by atoms with E-state index in [1.165, 1.54) is 36.8 Å². The van der Waals surface area contributed by atoms with Crippen LogP contribution in [0.15, 0.2) is 36.4 Å². The number of esters is 1. The molecule has 10 heteroatoms. The standard InChI is InChI=1S/C33H33F3N2O5/c1-19(39)42-25-11-8-22-17-26-32(41)14-13-24(37(2)27(40)12-7-20-5-9-23(10-6-20)33(34,35)36)30-31(32,28(22)29(25)43-30)15-16-38(26)18-21-3-4-21/h5-6,8-11,21,24,26,30,41H,3-4,13-18H2,1-2H3/t24-,26-,30+,31+,32-/m1/s1. The summed E-state index contributed by atoms with van der Waals surface area (Å²) >= 11 is 0. The third kappa shape index (κ3) is 4.34. The molecule has 2 bridgehead atoms. The predicted molar refractivity (Wildman–Crippen MR) is 149 cm³/mol. The van der Waals surface area contributed by atoms with Crippen LogP contribution in [0.1, 0.15) is 61.3 Å². The summed E-state index contributed by atoms with van der Waals surface area (Å²) in [7, 11) is 1.65. The van der Waals surface area contributed by atoms with Gasteiger partial charge in [0.2, 0.25) is 0 Å². The molecule has 5 aliphatic rings. The molecule has 0 aromatic heterocycles. The van der Waals surface area contributed by atoms with Gasteiger partial charge in [0.15, 0.2) is 11.5 Å². The first-order chi connectivity index (χ1) is 20.4. The Balaban J connectivity index is 1.23. The Morgan fingerprint density at radius 1 is 1.14 bits per heavy atom. The highest BCUT2D eigenvalue weighted by molar-refractivity contribution is 5.94. The van der Waals surface area contributed by atoms with E-state index in [0.717, 1.165) is 36.3 Å². The Hall–Kier alpha value is -3.55. The fourth-order valence-electron chi connectivity index (χ4n) is 8.18. The van der Waals surface area contributed by atoms with E-state index < -0.39 is 46.8 Å². The van der Waals surface area contributed by atoms with Crippen molar-refractivity contribution in [1.82, 2.24) is 9.80 Å². The maximum atomic E-state index is 13.4. The lowest BCUT2D eigenvalue weighted by Crippen LogP contribution is -2.78. The van der Waals surface area contributed by atoms with E-state index in [1.807, 2.05) is 6.07 Å². The highest BCUT2D eigenvalue weighted by Gasteiger charge is 2.73. The zero-order valence-electron chi connectivity index (χ0n) is 24.0. The quantitative estimate of drug-likeness (QED) is 0.327. The second-order valence-corrected chi connectivity index (χ2v) is 12.7. The van der Waals surface area contributed by atoms with Crippen LogP contribution in [0.5, 0.6) is 11.5 Å². The van der Waals surface area contributed by atoms with Crippen LogP contribution < -0.4 is 9.47 Å². The molecule has 1 spiro atoms. The second kappa shape index (κ2) is 9.73. The van der Waals surface area contributed by atoms with Crippen molar-refractivity contribution < 1.29 is 37.3 Å². The first-order valence-corrected chi connectivity index (χ1v) is 14.9. The van der Waals surface area contributed by atoms with Crippen LogP contribution in [-0.4, -0.2) is 70.7 Å². The molecule has 2 aliphatic heterocycles. The molecule has 1 amide bonds. The van der Waals surface area contributed by atoms with Crippen molar-refractivity contribution >= 4 is 11.9 Å². The third-order valence-electron chi connectivity index (χ3n) is 10.3. The normalized spacial score (nSPS) is 30.4. The van der Waals surface area contributed by atoms with Crippen molar-refractivity contribution in [2.24, 2.45) is 5.92 Å². The maximum absolute atomic E-state index is 13.4. The Labute approximate surface area is 247 Å². The average molecular weight is 595 g/mol. The molecule has 1 N–H and O–H groups in total. The molecule has 3 fully saturated rings. The SMILES string of the molecule is CC(=O)Oc1ccc2c3c1O[C@H]1[C@H](N(C)C(=O)C#Cc4ccc(C(F)(F)F)cc4)CC[C@@]4(O)[C@@H](C2)N(CC2CC2)CC[C@]314. The number of carbonyl (C=O) groups excluding carboxylic acids is 2. The van der Waals surface area contributed by atoms with Crippen LogP contribution in [-0.2, 0) is 27.6 Å². The molecule has 0 unspecified atom stereocenters. The molecule has 7 rings (SSSR count). The summed E-state index contributed by atoms with van der Waals surface area (Å²) in [5.41, 5.74) is -0.415. The van der Waals surface area contributed by atoms with Crippen molar-refractivity contribution in [1.29, 1.82) is 0 Å². The molecule has 43 heavy (non-hydrogen) atoms. The van der Waals surface area contributed by atoms with Gasteiger partial charge in [-0.15, -0.1) is 0 Å². The van der Waals surface area contributed by atoms with Crippen LogP contribution in [0.25, 0.3) is 0 Å². The van der Waals surface area contributed by atoms with Gasteiger partial charge in [-0.05, 0) is 86.9 Å². The smallest absolute Gasteiger partial charge is 0.416 e. The summed E-state index contributed by atoms with van der Waals surface area (Å²) in [6, 6.07) is 7.58. The molecule has 7 nitrogen and oxygen atoms in total. The molecule has 2 heterocycles. The van der Waals surface area contributed by atoms with Gasteiger partial charge < -0.3 is 19.5 Å². The van der Waals surface area contributed by atoms with Gasteiger partial charge in [-0.2, -0.15) is 13.2 Å². The van der Waals surface area contributed by atoms with Crippen LogP contribution in [0.4, 0.5) is 13.2 Å². The van der Waals surface area contributed by atoms with Crippen molar-refractivity contribution in [2.75, 3.05) is 20.1 Å². The number of piperidine rings is 1. The van der Waals surface area contributed by atoms with Gasteiger partial charge in [0, 0.05) is 43.6 Å². The fourth-order valence-corrected chi connectivity index (χ4v) is 8.18. The van der Waals surface area contributed by atoms with E-state index >= 15 is 0 Å². The van der Waals surface area contributed by atoms with Gasteiger partial charge in [-0.3, -0.25) is 14.5 Å². The summed E-state index contributed by atoms with van der Waals surface area (Å²) in [4.78, 5) is 29.3. The van der Waals surface area contributed by atoms with E-state index in [4.69, 9.17) is 9.47 Å². The Kier molecular flexibility index (Phi) is 6.39. The van der Waals surface area contributed by atoms with Crippen molar-refractivity contribution in [2.45, 2.75) is 80.8 Å². The summed E-state index contributed by atoms with van der Waals surface area (Å²) in [5, 5.41) is 12.7. The zero-order chi connectivity index (χ0) is 30.3. The predicted octanol–water partition coefficient (Wildman–Crippen LogP) is 4.07. The molecule has 3 aliphatic carbocycles. The highest BCUT2D eigenvalue weighted by atomic mass is 19.4. The number of ether oxygens (including phenoxy) is 2. The number of alkyl halides is 3. The number of rotatable bonds is 4. The van der Waals surface area contributed by atoms with E-state index in [9.17, 15) is 27.9 Å². The topological polar surface area (TPSA) is 79.3 Å². The van der Waals surface area contributed by atoms with Crippen LogP contribution in [0, 0.1) is 17.8 Å². The van der Waals surface area contributed by atoms with E-state index in [2.05, 4.69) is 16.7 Å². The minimum Gasteiger partial charge on any atom is -0.483 e. The fraction of sp³-hybridized carbons (Fsp3) is 0.515. The molecule has 0 radical (unpaired) electrons. The Morgan fingerprint density at radius 2 is 1.88 bits per heavy atom. The number of nitrogens with zero attached hydrogens (tertiary/aromatic N) is 2. The number of likely N-dealkylation sites (tertiary alicyclic amines) is 1. The third-order valence-corrected chi connectivity index (χ3v) is 10.3. The first kappa shape index (κ1) is 28.2. The highest BCUT2D eigenvalue weighted by Crippen LogP contribution is 2.66. The lowest BCUT2D eigenvalue weighted by atomic mass is 9.48. The Bertz CT molecular complexity index is 1560. The number of hydrogen-bond acceptors (Lipinski definition) is 6. The molecule has 5 atom stereocenters. The van der Waals surface area contributed by atoms with Crippen LogP contribution in [0.3, 0.4) is 0 Å². The van der Waals surface area contributed by atoms with Crippen LogP contribution in [0.2, 0.25) is 0 Å². The molecular weight excluding hydrogens is 561 g/mol. The van der Waals surface area contributed by atoms with Gasteiger partial charge in [-0.25, -0.2) is 0 Å². The molecule has 226 valence electrons. The number of hydrogen-bond donors (Lipinski definition) is 1. The number of benzene rings is 2. The minimum atomic E-state index is -4.45. The lowest BCUT2D eigenvalue weighted by molar-refractivity contribution is -0.199. The molecule has 2 saturated carbocycles. The number of amides is 1.